The quantitative estimate of drug-likeness (QED) is 0.460. The summed E-state index contributed by atoms with van der Waals surface area (Å²) in [5.74, 6) is 0. The fourth-order valence-electron chi connectivity index (χ4n) is 2.41. The predicted molar refractivity (Wildman–Crippen MR) is 83.9 cm³/mol. The van der Waals surface area contributed by atoms with Crippen LogP contribution >= 0.6 is 0 Å². The fraction of sp³-hybridized carbons (Fsp3) is 1.00. The van der Waals surface area contributed by atoms with Gasteiger partial charge in [0, 0.05) is 5.41 Å². The summed E-state index contributed by atoms with van der Waals surface area (Å²) in [7, 11) is -4.41. The second-order valence-corrected chi connectivity index (χ2v) is 7.55. The van der Waals surface area contributed by atoms with Gasteiger partial charge in [0.25, 0.3) is 0 Å². The molecule has 1 N–H and O–H groups in total. The van der Waals surface area contributed by atoms with Crippen molar-refractivity contribution in [3.63, 3.8) is 0 Å². The third-order valence-corrected chi connectivity index (χ3v) is 4.25. The second-order valence-electron chi connectivity index (χ2n) is 6.46. The molecule has 132 valence electrons. The van der Waals surface area contributed by atoms with Gasteiger partial charge in [0.05, 0.1) is 19.8 Å². The Balaban J connectivity index is 2.09. The molecule has 1 heterocycles. The van der Waals surface area contributed by atoms with Gasteiger partial charge in [-0.25, -0.2) is 4.18 Å². The Labute approximate surface area is 134 Å². The maximum atomic E-state index is 10.6. The largest absolute Gasteiger partial charge is 0.397 e. The van der Waals surface area contributed by atoms with Crippen molar-refractivity contribution < 1.29 is 26.6 Å². The van der Waals surface area contributed by atoms with Crippen molar-refractivity contribution in [1.82, 2.24) is 0 Å². The van der Waals surface area contributed by atoms with Crippen molar-refractivity contribution in [2.24, 2.45) is 5.41 Å². The molecule has 1 rings (SSSR count). The Morgan fingerprint density at radius 2 is 1.64 bits per heavy atom. The summed E-state index contributed by atoms with van der Waals surface area (Å²) >= 11 is 0. The SMILES string of the molecule is CCCCCCCCCC1OCC(C)(COS(=O)(=O)O)CO1. The molecule has 0 atom stereocenters. The van der Waals surface area contributed by atoms with E-state index in [1.165, 1.54) is 38.5 Å². The first-order valence-corrected chi connectivity index (χ1v) is 9.56. The van der Waals surface area contributed by atoms with Gasteiger partial charge >= 0.3 is 10.4 Å². The van der Waals surface area contributed by atoms with Crippen LogP contribution in [0.5, 0.6) is 0 Å². The molecule has 0 aromatic rings. The number of ether oxygens (including phenoxy) is 2. The van der Waals surface area contributed by atoms with Gasteiger partial charge in [0.2, 0.25) is 0 Å². The van der Waals surface area contributed by atoms with Gasteiger partial charge in [-0.3, -0.25) is 4.55 Å². The van der Waals surface area contributed by atoms with Crippen molar-refractivity contribution in [3.05, 3.63) is 0 Å². The fourth-order valence-corrected chi connectivity index (χ4v) is 2.85. The van der Waals surface area contributed by atoms with Gasteiger partial charge in [-0.05, 0) is 12.8 Å². The first kappa shape index (κ1) is 19.8. The first-order valence-electron chi connectivity index (χ1n) is 8.20. The molecule has 1 fully saturated rings. The summed E-state index contributed by atoms with van der Waals surface area (Å²) in [6.45, 7) is 4.61. The lowest BCUT2D eigenvalue weighted by atomic mass is 9.93. The van der Waals surface area contributed by atoms with E-state index < -0.39 is 15.8 Å². The Morgan fingerprint density at radius 1 is 1.09 bits per heavy atom. The van der Waals surface area contributed by atoms with Crippen LogP contribution in [-0.2, 0) is 24.1 Å². The third-order valence-electron chi connectivity index (χ3n) is 3.84. The van der Waals surface area contributed by atoms with Crippen LogP contribution in [0.2, 0.25) is 0 Å². The third kappa shape index (κ3) is 9.05. The minimum Gasteiger partial charge on any atom is -0.352 e. The van der Waals surface area contributed by atoms with Crippen LogP contribution in [0.3, 0.4) is 0 Å². The lowest BCUT2D eigenvalue weighted by Gasteiger charge is -2.36. The zero-order valence-corrected chi connectivity index (χ0v) is 14.6. The monoisotopic (exact) mass is 338 g/mol. The van der Waals surface area contributed by atoms with E-state index in [1.807, 2.05) is 6.92 Å². The van der Waals surface area contributed by atoms with E-state index in [9.17, 15) is 8.42 Å². The summed E-state index contributed by atoms with van der Waals surface area (Å²) in [5, 5.41) is 0. The van der Waals surface area contributed by atoms with E-state index >= 15 is 0 Å². The van der Waals surface area contributed by atoms with Gasteiger partial charge in [0.1, 0.15) is 0 Å². The van der Waals surface area contributed by atoms with Crippen LogP contribution in [0, 0.1) is 5.41 Å². The Kier molecular flexibility index (Phi) is 8.86. The highest BCUT2D eigenvalue weighted by molar-refractivity contribution is 7.80. The molecule has 0 amide bonds. The molecule has 1 saturated heterocycles. The molecule has 6 nitrogen and oxygen atoms in total. The van der Waals surface area contributed by atoms with Crippen LogP contribution in [0.15, 0.2) is 0 Å². The van der Waals surface area contributed by atoms with Gasteiger partial charge in [0.15, 0.2) is 6.29 Å². The Bertz CT molecular complexity index is 387. The highest BCUT2D eigenvalue weighted by Crippen LogP contribution is 2.27. The molecule has 0 aromatic heterocycles. The minimum absolute atomic E-state index is 0.143. The molecule has 1 aliphatic heterocycles. The van der Waals surface area contributed by atoms with E-state index in [0.29, 0.717) is 13.2 Å². The van der Waals surface area contributed by atoms with E-state index in [4.69, 9.17) is 14.0 Å². The summed E-state index contributed by atoms with van der Waals surface area (Å²) in [6.07, 6.45) is 9.38. The van der Waals surface area contributed by atoms with Crippen molar-refractivity contribution in [1.29, 1.82) is 0 Å². The predicted octanol–water partition coefficient (Wildman–Crippen LogP) is 3.33. The standard InChI is InChI=1S/C15H30O6S/c1-3-4-5-6-7-8-9-10-14-19-11-15(2,12-20-14)13-21-22(16,17)18/h14H,3-13H2,1-2H3,(H,16,17,18). The van der Waals surface area contributed by atoms with Crippen LogP contribution in [0.1, 0.15) is 65.2 Å². The Hall–Kier alpha value is -0.210. The van der Waals surface area contributed by atoms with Crippen LogP contribution in [0.4, 0.5) is 0 Å². The second kappa shape index (κ2) is 9.82. The molecular formula is C15H30O6S. The van der Waals surface area contributed by atoms with Gasteiger partial charge in [-0.2, -0.15) is 8.42 Å². The average Bonchev–Trinajstić information content (AvgIpc) is 2.46. The molecular weight excluding hydrogens is 308 g/mol. The van der Waals surface area contributed by atoms with Crippen LogP contribution in [0.25, 0.3) is 0 Å². The van der Waals surface area contributed by atoms with Gasteiger partial charge < -0.3 is 9.47 Å². The number of rotatable bonds is 11. The van der Waals surface area contributed by atoms with Crippen molar-refractivity contribution in [2.45, 2.75) is 71.5 Å². The average molecular weight is 338 g/mol. The van der Waals surface area contributed by atoms with Crippen molar-refractivity contribution in [2.75, 3.05) is 19.8 Å². The molecule has 7 heteroatoms. The number of unbranched alkanes of at least 4 members (excludes halogenated alkanes) is 6. The topological polar surface area (TPSA) is 82.1 Å². The zero-order valence-electron chi connectivity index (χ0n) is 13.8. The first-order chi connectivity index (χ1) is 10.3. The molecule has 1 aliphatic rings. The summed E-state index contributed by atoms with van der Waals surface area (Å²) < 4.78 is 45.5. The van der Waals surface area contributed by atoms with E-state index in [2.05, 4.69) is 11.1 Å². The molecule has 0 unspecified atom stereocenters. The maximum Gasteiger partial charge on any atom is 0.397 e. The molecule has 22 heavy (non-hydrogen) atoms. The normalized spacial score (nSPS) is 26.2. The van der Waals surface area contributed by atoms with Crippen molar-refractivity contribution in [3.8, 4) is 0 Å². The molecule has 0 radical (unpaired) electrons. The highest BCUT2D eigenvalue weighted by Gasteiger charge is 2.34. The smallest absolute Gasteiger partial charge is 0.352 e. The highest BCUT2D eigenvalue weighted by atomic mass is 32.3. The molecule has 0 aromatic carbocycles. The Morgan fingerprint density at radius 3 is 2.18 bits per heavy atom. The lowest BCUT2D eigenvalue weighted by Crippen LogP contribution is -2.43. The maximum absolute atomic E-state index is 10.6. The zero-order chi connectivity index (χ0) is 16.5. The number of hydrogen-bond acceptors (Lipinski definition) is 5. The van der Waals surface area contributed by atoms with Gasteiger partial charge in [-0.1, -0.05) is 52.4 Å². The van der Waals surface area contributed by atoms with Crippen LogP contribution < -0.4 is 0 Å². The lowest BCUT2D eigenvalue weighted by molar-refractivity contribution is -0.233. The summed E-state index contributed by atoms with van der Waals surface area (Å²) in [4.78, 5) is 0. The molecule has 0 bridgehead atoms. The van der Waals surface area contributed by atoms with E-state index in [1.54, 1.807) is 0 Å². The van der Waals surface area contributed by atoms with Gasteiger partial charge in [-0.15, -0.1) is 0 Å². The number of hydrogen-bond donors (Lipinski definition) is 1. The van der Waals surface area contributed by atoms with E-state index in [0.717, 1.165) is 12.8 Å². The van der Waals surface area contributed by atoms with E-state index in [-0.39, 0.29) is 12.9 Å². The minimum atomic E-state index is -4.41. The summed E-state index contributed by atoms with van der Waals surface area (Å²) in [5.41, 5.74) is -0.549. The molecule has 0 aliphatic carbocycles. The summed E-state index contributed by atoms with van der Waals surface area (Å²) in [6, 6.07) is 0. The van der Waals surface area contributed by atoms with Crippen LogP contribution in [-0.4, -0.2) is 39.1 Å². The molecule has 0 saturated carbocycles. The molecule has 0 spiro atoms. The van der Waals surface area contributed by atoms with Crippen molar-refractivity contribution >= 4 is 10.4 Å².